The molecule has 1 aromatic carbocycles. The van der Waals surface area contributed by atoms with Gasteiger partial charge >= 0.3 is 0 Å². The van der Waals surface area contributed by atoms with Crippen LogP contribution in [0.15, 0.2) is 24.3 Å². The summed E-state index contributed by atoms with van der Waals surface area (Å²) in [5, 5.41) is 3.77. The number of aryl methyl sites for hydroxylation is 1. The van der Waals surface area contributed by atoms with E-state index in [9.17, 15) is 0 Å². The van der Waals surface area contributed by atoms with Crippen LogP contribution in [0.25, 0.3) is 0 Å². The molecule has 0 spiro atoms. The molecule has 0 radical (unpaired) electrons. The second-order valence-electron chi connectivity index (χ2n) is 5.32. The lowest BCUT2D eigenvalue weighted by Crippen LogP contribution is -2.33. The molecule has 1 aliphatic carbocycles. The molecule has 0 aromatic heterocycles. The fraction of sp³-hybridized carbons (Fsp3) is 0.600. The highest BCUT2D eigenvalue weighted by Crippen LogP contribution is 2.27. The van der Waals surface area contributed by atoms with E-state index in [1.807, 2.05) is 0 Å². The van der Waals surface area contributed by atoms with Crippen LogP contribution in [0.5, 0.6) is 0 Å². The third-order valence-electron chi connectivity index (χ3n) is 3.87. The van der Waals surface area contributed by atoms with Crippen molar-refractivity contribution < 1.29 is 0 Å². The lowest BCUT2D eigenvalue weighted by molar-refractivity contribution is 0.388. The van der Waals surface area contributed by atoms with Crippen molar-refractivity contribution in [3.8, 4) is 0 Å². The van der Waals surface area contributed by atoms with Gasteiger partial charge in [-0.1, -0.05) is 43.2 Å². The SMILES string of the molecule is Cc1cccc([C@H](C)NC2CCCC2C)c1. The molecular weight excluding hydrogens is 194 g/mol. The molecule has 0 saturated heterocycles. The molecule has 0 heterocycles. The van der Waals surface area contributed by atoms with E-state index >= 15 is 0 Å². The lowest BCUT2D eigenvalue weighted by Gasteiger charge is -2.23. The van der Waals surface area contributed by atoms with Crippen LogP contribution < -0.4 is 5.32 Å². The molecule has 1 aliphatic rings. The van der Waals surface area contributed by atoms with E-state index in [-0.39, 0.29) is 0 Å². The number of hydrogen-bond donors (Lipinski definition) is 1. The molecule has 1 N–H and O–H groups in total. The molecule has 1 fully saturated rings. The molecule has 1 nitrogen and oxygen atoms in total. The first-order valence-electron chi connectivity index (χ1n) is 6.49. The van der Waals surface area contributed by atoms with Gasteiger partial charge < -0.3 is 5.32 Å². The minimum Gasteiger partial charge on any atom is -0.307 e. The molecule has 0 amide bonds. The van der Waals surface area contributed by atoms with Gasteiger partial charge in [-0.25, -0.2) is 0 Å². The molecule has 1 heteroatoms. The first kappa shape index (κ1) is 11.7. The summed E-state index contributed by atoms with van der Waals surface area (Å²) in [7, 11) is 0. The monoisotopic (exact) mass is 217 g/mol. The molecule has 1 saturated carbocycles. The van der Waals surface area contributed by atoms with Gasteiger partial charge in [0.2, 0.25) is 0 Å². The average Bonchev–Trinajstić information content (AvgIpc) is 2.64. The van der Waals surface area contributed by atoms with Crippen LogP contribution in [0, 0.1) is 12.8 Å². The molecular formula is C15H23N. The number of rotatable bonds is 3. The zero-order valence-electron chi connectivity index (χ0n) is 10.7. The normalized spacial score (nSPS) is 26.9. The largest absolute Gasteiger partial charge is 0.307 e. The van der Waals surface area contributed by atoms with Crippen molar-refractivity contribution in [1.29, 1.82) is 0 Å². The zero-order chi connectivity index (χ0) is 11.5. The summed E-state index contributed by atoms with van der Waals surface area (Å²) in [5.74, 6) is 0.840. The van der Waals surface area contributed by atoms with Crippen molar-refractivity contribution in [1.82, 2.24) is 5.32 Å². The van der Waals surface area contributed by atoms with Crippen molar-refractivity contribution in [2.45, 2.75) is 52.1 Å². The van der Waals surface area contributed by atoms with Crippen LogP contribution in [0.3, 0.4) is 0 Å². The second kappa shape index (κ2) is 5.01. The van der Waals surface area contributed by atoms with Crippen LogP contribution in [0.1, 0.15) is 50.3 Å². The van der Waals surface area contributed by atoms with Gasteiger partial charge in [-0.3, -0.25) is 0 Å². The Bertz CT molecular complexity index is 345. The van der Waals surface area contributed by atoms with E-state index in [0.717, 1.165) is 12.0 Å². The van der Waals surface area contributed by atoms with E-state index in [4.69, 9.17) is 0 Å². The summed E-state index contributed by atoms with van der Waals surface area (Å²) < 4.78 is 0. The maximum atomic E-state index is 3.77. The van der Waals surface area contributed by atoms with Crippen molar-refractivity contribution >= 4 is 0 Å². The van der Waals surface area contributed by atoms with Gasteiger partial charge in [-0.05, 0) is 38.2 Å². The molecule has 88 valence electrons. The van der Waals surface area contributed by atoms with Crippen LogP contribution >= 0.6 is 0 Å². The molecule has 16 heavy (non-hydrogen) atoms. The van der Waals surface area contributed by atoms with Crippen LogP contribution in [-0.2, 0) is 0 Å². The van der Waals surface area contributed by atoms with Crippen LogP contribution in [0.2, 0.25) is 0 Å². The molecule has 2 rings (SSSR count). The van der Waals surface area contributed by atoms with E-state index in [0.29, 0.717) is 6.04 Å². The van der Waals surface area contributed by atoms with Crippen molar-refractivity contribution in [2.24, 2.45) is 5.92 Å². The maximum absolute atomic E-state index is 3.77. The Morgan fingerprint density at radius 2 is 2.12 bits per heavy atom. The Hall–Kier alpha value is -0.820. The second-order valence-corrected chi connectivity index (χ2v) is 5.32. The lowest BCUT2D eigenvalue weighted by atomic mass is 10.0. The highest BCUT2D eigenvalue weighted by atomic mass is 15.0. The third-order valence-corrected chi connectivity index (χ3v) is 3.87. The van der Waals surface area contributed by atoms with Crippen molar-refractivity contribution in [2.75, 3.05) is 0 Å². The van der Waals surface area contributed by atoms with Gasteiger partial charge in [0, 0.05) is 12.1 Å². The molecule has 0 bridgehead atoms. The predicted octanol–water partition coefficient (Wildman–Crippen LogP) is 3.83. The summed E-state index contributed by atoms with van der Waals surface area (Å²) in [4.78, 5) is 0. The maximum Gasteiger partial charge on any atom is 0.0294 e. The predicted molar refractivity (Wildman–Crippen MR) is 69.5 cm³/mol. The molecule has 1 aromatic rings. The summed E-state index contributed by atoms with van der Waals surface area (Å²) >= 11 is 0. The Balaban J connectivity index is 1.99. The highest BCUT2D eigenvalue weighted by Gasteiger charge is 2.24. The van der Waals surface area contributed by atoms with Gasteiger partial charge in [0.25, 0.3) is 0 Å². The van der Waals surface area contributed by atoms with E-state index in [1.165, 1.54) is 30.4 Å². The number of benzene rings is 1. The van der Waals surface area contributed by atoms with E-state index in [1.54, 1.807) is 0 Å². The smallest absolute Gasteiger partial charge is 0.0294 e. The number of nitrogens with one attached hydrogen (secondary N) is 1. The first-order valence-corrected chi connectivity index (χ1v) is 6.49. The minimum absolute atomic E-state index is 0.477. The summed E-state index contributed by atoms with van der Waals surface area (Å²) in [6, 6.07) is 10.0. The number of hydrogen-bond acceptors (Lipinski definition) is 1. The van der Waals surface area contributed by atoms with Crippen molar-refractivity contribution in [3.63, 3.8) is 0 Å². The Kier molecular flexibility index (Phi) is 3.65. The van der Waals surface area contributed by atoms with Crippen LogP contribution in [-0.4, -0.2) is 6.04 Å². The van der Waals surface area contributed by atoms with E-state index in [2.05, 4.69) is 50.4 Å². The summed E-state index contributed by atoms with van der Waals surface area (Å²) in [5.41, 5.74) is 2.77. The third kappa shape index (κ3) is 2.65. The summed E-state index contributed by atoms with van der Waals surface area (Å²) in [6.07, 6.45) is 4.12. The van der Waals surface area contributed by atoms with Gasteiger partial charge in [0.05, 0.1) is 0 Å². The molecule has 2 unspecified atom stereocenters. The van der Waals surface area contributed by atoms with Crippen molar-refractivity contribution in [3.05, 3.63) is 35.4 Å². The van der Waals surface area contributed by atoms with Gasteiger partial charge in [0.15, 0.2) is 0 Å². The zero-order valence-corrected chi connectivity index (χ0v) is 10.7. The molecule has 0 aliphatic heterocycles. The Labute approximate surface area is 99.3 Å². The Morgan fingerprint density at radius 3 is 2.75 bits per heavy atom. The first-order chi connectivity index (χ1) is 7.66. The summed E-state index contributed by atoms with van der Waals surface area (Å²) in [6.45, 7) is 6.81. The minimum atomic E-state index is 0.477. The molecule has 3 atom stereocenters. The Morgan fingerprint density at radius 1 is 1.31 bits per heavy atom. The van der Waals surface area contributed by atoms with Gasteiger partial charge in [0.1, 0.15) is 0 Å². The standard InChI is InChI=1S/C15H23N/c1-11-6-4-8-14(10-11)13(3)16-15-9-5-7-12(15)2/h4,6,8,10,12-13,15-16H,5,7,9H2,1-3H3/t12?,13-,15?/m0/s1. The quantitative estimate of drug-likeness (QED) is 0.811. The van der Waals surface area contributed by atoms with E-state index < -0.39 is 0 Å². The fourth-order valence-electron chi connectivity index (χ4n) is 2.75. The highest BCUT2D eigenvalue weighted by molar-refractivity contribution is 5.24. The average molecular weight is 217 g/mol. The van der Waals surface area contributed by atoms with Crippen LogP contribution in [0.4, 0.5) is 0 Å². The topological polar surface area (TPSA) is 12.0 Å². The van der Waals surface area contributed by atoms with Gasteiger partial charge in [-0.15, -0.1) is 0 Å². The van der Waals surface area contributed by atoms with Gasteiger partial charge in [-0.2, -0.15) is 0 Å². The fourth-order valence-corrected chi connectivity index (χ4v) is 2.75.